The number of aromatic nitrogens is 2. The van der Waals surface area contributed by atoms with Crippen LogP contribution in [0.4, 0.5) is 10.6 Å². The van der Waals surface area contributed by atoms with Gasteiger partial charge in [-0.25, -0.2) is 4.79 Å². The Kier molecular flexibility index (Phi) is 9.28. The van der Waals surface area contributed by atoms with E-state index in [0.29, 0.717) is 19.6 Å². The summed E-state index contributed by atoms with van der Waals surface area (Å²) in [5, 5.41) is 11.8. The number of amides is 3. The van der Waals surface area contributed by atoms with Crippen molar-refractivity contribution in [2.75, 3.05) is 44.7 Å². The van der Waals surface area contributed by atoms with Gasteiger partial charge >= 0.3 is 6.03 Å². The molecule has 0 spiro atoms. The Labute approximate surface area is 208 Å². The van der Waals surface area contributed by atoms with Crippen molar-refractivity contribution in [3.05, 3.63) is 36.4 Å². The number of ether oxygens (including phenoxy) is 1. The molecule has 1 aromatic heterocycles. The number of hydrogen-bond donors (Lipinski definition) is 1. The standard InChI is InChI=1S/C26H38N6O3/c1-6-20(4)32(26(34)27-19(2)3)18-25(33)31-14-8-13-30(15-16-31)24-12-11-23(28-29-24)21-9-7-10-22(17-21)35-5/h7,9-12,17,19-20H,6,8,13-16,18H2,1-5H3,(H,27,34)/t20-/m1/s1. The predicted molar refractivity (Wildman–Crippen MR) is 138 cm³/mol. The maximum Gasteiger partial charge on any atom is 0.318 e. The zero-order valence-corrected chi connectivity index (χ0v) is 21.5. The lowest BCUT2D eigenvalue weighted by atomic mass is 10.1. The van der Waals surface area contributed by atoms with Crippen molar-refractivity contribution in [3.8, 4) is 17.0 Å². The van der Waals surface area contributed by atoms with Gasteiger partial charge in [0.1, 0.15) is 12.3 Å². The second-order valence-electron chi connectivity index (χ2n) is 9.22. The lowest BCUT2D eigenvalue weighted by Crippen LogP contribution is -2.51. The molecule has 0 saturated carbocycles. The van der Waals surface area contributed by atoms with Crippen LogP contribution >= 0.6 is 0 Å². The first-order valence-corrected chi connectivity index (χ1v) is 12.4. The summed E-state index contributed by atoms with van der Waals surface area (Å²) in [6.07, 6.45) is 1.61. The van der Waals surface area contributed by atoms with Gasteiger partial charge in [0.05, 0.1) is 12.8 Å². The molecule has 1 N–H and O–H groups in total. The summed E-state index contributed by atoms with van der Waals surface area (Å²) in [6, 6.07) is 11.5. The molecule has 3 amide bonds. The van der Waals surface area contributed by atoms with Crippen molar-refractivity contribution in [3.63, 3.8) is 0 Å². The molecule has 2 heterocycles. The molecule has 35 heavy (non-hydrogen) atoms. The first-order valence-electron chi connectivity index (χ1n) is 12.4. The van der Waals surface area contributed by atoms with Crippen LogP contribution in [0.5, 0.6) is 5.75 Å². The van der Waals surface area contributed by atoms with E-state index in [9.17, 15) is 9.59 Å². The van der Waals surface area contributed by atoms with E-state index in [-0.39, 0.29) is 30.6 Å². The Bertz CT molecular complexity index is 981. The number of anilines is 1. The van der Waals surface area contributed by atoms with Crippen LogP contribution in [0.2, 0.25) is 0 Å². The van der Waals surface area contributed by atoms with Gasteiger partial charge in [-0.1, -0.05) is 19.1 Å². The molecule has 1 saturated heterocycles. The monoisotopic (exact) mass is 482 g/mol. The molecule has 9 heteroatoms. The highest BCUT2D eigenvalue weighted by Gasteiger charge is 2.26. The average molecular weight is 483 g/mol. The highest BCUT2D eigenvalue weighted by Crippen LogP contribution is 2.23. The van der Waals surface area contributed by atoms with Gasteiger partial charge in [0.25, 0.3) is 0 Å². The maximum absolute atomic E-state index is 13.1. The van der Waals surface area contributed by atoms with Crippen molar-refractivity contribution in [1.29, 1.82) is 0 Å². The largest absolute Gasteiger partial charge is 0.497 e. The van der Waals surface area contributed by atoms with Crippen LogP contribution in [0.25, 0.3) is 11.3 Å². The zero-order chi connectivity index (χ0) is 25.4. The van der Waals surface area contributed by atoms with Crippen LogP contribution in [0.15, 0.2) is 36.4 Å². The smallest absolute Gasteiger partial charge is 0.318 e. The molecule has 9 nitrogen and oxygen atoms in total. The minimum Gasteiger partial charge on any atom is -0.497 e. The van der Waals surface area contributed by atoms with Crippen LogP contribution in [0.3, 0.4) is 0 Å². The normalized spacial score (nSPS) is 14.9. The highest BCUT2D eigenvalue weighted by molar-refractivity contribution is 5.84. The van der Waals surface area contributed by atoms with Gasteiger partial charge in [-0.2, -0.15) is 0 Å². The Balaban J connectivity index is 1.62. The molecule has 0 radical (unpaired) electrons. The first kappa shape index (κ1) is 26.2. The van der Waals surface area contributed by atoms with Crippen molar-refractivity contribution < 1.29 is 14.3 Å². The summed E-state index contributed by atoms with van der Waals surface area (Å²) in [5.41, 5.74) is 1.73. The van der Waals surface area contributed by atoms with Crippen LogP contribution in [-0.2, 0) is 4.79 Å². The van der Waals surface area contributed by atoms with Gasteiger partial charge in [0, 0.05) is 43.8 Å². The van der Waals surface area contributed by atoms with Crippen LogP contribution in [0.1, 0.15) is 40.5 Å². The van der Waals surface area contributed by atoms with E-state index in [4.69, 9.17) is 4.74 Å². The van der Waals surface area contributed by atoms with E-state index in [1.54, 1.807) is 12.0 Å². The Hall–Kier alpha value is -3.36. The lowest BCUT2D eigenvalue weighted by molar-refractivity contribution is -0.132. The van der Waals surface area contributed by atoms with Crippen molar-refractivity contribution >= 4 is 17.8 Å². The van der Waals surface area contributed by atoms with Crippen LogP contribution < -0.4 is 15.0 Å². The number of benzene rings is 1. The third-order valence-corrected chi connectivity index (χ3v) is 6.29. The second kappa shape index (κ2) is 12.4. The highest BCUT2D eigenvalue weighted by atomic mass is 16.5. The molecule has 190 valence electrons. The zero-order valence-electron chi connectivity index (χ0n) is 21.5. The topological polar surface area (TPSA) is 90.9 Å². The first-order chi connectivity index (χ1) is 16.8. The SMILES string of the molecule is CC[C@@H](C)N(CC(=O)N1CCCN(c2ccc(-c3cccc(OC)c3)nn2)CC1)C(=O)NC(C)C. The van der Waals surface area contributed by atoms with E-state index in [1.807, 2.05) is 69.0 Å². The molecule has 0 bridgehead atoms. The third-order valence-electron chi connectivity index (χ3n) is 6.29. The van der Waals surface area contributed by atoms with Gasteiger partial charge in [0.2, 0.25) is 5.91 Å². The molecule has 0 unspecified atom stereocenters. The number of nitrogens with zero attached hydrogens (tertiary/aromatic N) is 5. The third kappa shape index (κ3) is 7.07. The fourth-order valence-corrected chi connectivity index (χ4v) is 4.05. The van der Waals surface area contributed by atoms with Gasteiger partial charge in [-0.15, -0.1) is 10.2 Å². The second-order valence-corrected chi connectivity index (χ2v) is 9.22. The molecule has 1 atom stereocenters. The van der Waals surface area contributed by atoms with E-state index >= 15 is 0 Å². The summed E-state index contributed by atoms with van der Waals surface area (Å²) >= 11 is 0. The summed E-state index contributed by atoms with van der Waals surface area (Å²) < 4.78 is 5.30. The van der Waals surface area contributed by atoms with Gasteiger partial charge in [-0.05, 0) is 57.9 Å². The molecule has 0 aliphatic carbocycles. The van der Waals surface area contributed by atoms with Crippen LogP contribution in [0, 0.1) is 0 Å². The Morgan fingerprint density at radius 3 is 2.54 bits per heavy atom. The minimum absolute atomic E-state index is 0.0143. The van der Waals surface area contributed by atoms with Gasteiger partial charge < -0.3 is 24.8 Å². The van der Waals surface area contributed by atoms with Crippen molar-refractivity contribution in [2.45, 2.75) is 52.6 Å². The van der Waals surface area contributed by atoms with E-state index in [1.165, 1.54) is 0 Å². The predicted octanol–water partition coefficient (Wildman–Crippen LogP) is 3.41. The summed E-state index contributed by atoms with van der Waals surface area (Å²) in [6.45, 7) is 10.6. The summed E-state index contributed by atoms with van der Waals surface area (Å²) in [7, 11) is 1.64. The molecule has 3 rings (SSSR count). The van der Waals surface area contributed by atoms with E-state index in [2.05, 4.69) is 20.4 Å². The van der Waals surface area contributed by atoms with E-state index < -0.39 is 0 Å². The molecule has 1 fully saturated rings. The molecular weight excluding hydrogens is 444 g/mol. The van der Waals surface area contributed by atoms with Crippen molar-refractivity contribution in [1.82, 2.24) is 25.3 Å². The fraction of sp³-hybridized carbons (Fsp3) is 0.538. The average Bonchev–Trinajstić information content (AvgIpc) is 3.13. The lowest BCUT2D eigenvalue weighted by Gasteiger charge is -2.31. The number of methoxy groups -OCH3 is 1. The quantitative estimate of drug-likeness (QED) is 0.620. The number of nitrogens with one attached hydrogen (secondary N) is 1. The Morgan fingerprint density at radius 1 is 1.09 bits per heavy atom. The number of hydrogen-bond acceptors (Lipinski definition) is 6. The molecule has 2 aromatic rings. The number of rotatable bonds is 8. The summed E-state index contributed by atoms with van der Waals surface area (Å²) in [4.78, 5) is 31.4. The molecular formula is C26H38N6O3. The molecule has 1 aromatic carbocycles. The summed E-state index contributed by atoms with van der Waals surface area (Å²) in [5.74, 6) is 1.55. The molecule has 1 aliphatic rings. The minimum atomic E-state index is -0.189. The molecule has 1 aliphatic heterocycles. The number of carbonyl (C=O) groups excluding carboxylic acids is 2. The van der Waals surface area contributed by atoms with Gasteiger partial charge in [0.15, 0.2) is 5.82 Å². The van der Waals surface area contributed by atoms with Crippen LogP contribution in [-0.4, -0.2) is 83.9 Å². The fourth-order valence-electron chi connectivity index (χ4n) is 4.05. The number of urea groups is 1. The van der Waals surface area contributed by atoms with Crippen molar-refractivity contribution in [2.24, 2.45) is 0 Å². The number of carbonyl (C=O) groups is 2. The Morgan fingerprint density at radius 2 is 1.89 bits per heavy atom. The van der Waals surface area contributed by atoms with Gasteiger partial charge in [-0.3, -0.25) is 4.79 Å². The van der Waals surface area contributed by atoms with E-state index in [0.717, 1.165) is 42.2 Å². The maximum atomic E-state index is 13.1.